The van der Waals surface area contributed by atoms with Gasteiger partial charge in [-0.1, -0.05) is 23.7 Å². The van der Waals surface area contributed by atoms with Crippen molar-refractivity contribution < 1.29 is 14.6 Å². The quantitative estimate of drug-likeness (QED) is 0.830. The summed E-state index contributed by atoms with van der Waals surface area (Å²) >= 11 is 5.76. The second kappa shape index (κ2) is 7.24. The maximum atomic E-state index is 12.1. The van der Waals surface area contributed by atoms with Crippen LogP contribution < -0.4 is 10.1 Å². The Labute approximate surface area is 133 Å². The summed E-state index contributed by atoms with van der Waals surface area (Å²) in [5, 5.41) is 13.1. The van der Waals surface area contributed by atoms with Gasteiger partial charge >= 0.3 is 0 Å². The van der Waals surface area contributed by atoms with Gasteiger partial charge in [-0.3, -0.25) is 4.79 Å². The Bertz CT molecular complexity index is 659. The van der Waals surface area contributed by atoms with Crippen molar-refractivity contribution in [3.05, 3.63) is 58.4 Å². The van der Waals surface area contributed by atoms with Crippen molar-refractivity contribution in [2.75, 3.05) is 13.7 Å². The van der Waals surface area contributed by atoms with E-state index in [1.807, 2.05) is 0 Å². The molecule has 6 heteroatoms. The highest BCUT2D eigenvalue weighted by Crippen LogP contribution is 2.17. The van der Waals surface area contributed by atoms with Crippen LogP contribution in [0.1, 0.15) is 27.7 Å². The van der Waals surface area contributed by atoms with Gasteiger partial charge in [-0.05, 0) is 36.8 Å². The van der Waals surface area contributed by atoms with Crippen LogP contribution in [-0.2, 0) is 0 Å². The van der Waals surface area contributed by atoms with E-state index in [4.69, 9.17) is 16.3 Å². The van der Waals surface area contributed by atoms with E-state index in [0.29, 0.717) is 27.7 Å². The molecule has 1 aromatic heterocycles. The molecule has 0 aliphatic carbocycles. The van der Waals surface area contributed by atoms with Crippen LogP contribution in [0.15, 0.2) is 36.4 Å². The number of aromatic nitrogens is 1. The molecule has 0 saturated heterocycles. The normalized spacial score (nSPS) is 11.8. The second-order valence-corrected chi connectivity index (χ2v) is 5.15. The zero-order valence-corrected chi connectivity index (χ0v) is 13.1. The smallest absolute Gasteiger partial charge is 0.253 e. The van der Waals surface area contributed by atoms with E-state index in [9.17, 15) is 9.90 Å². The Balaban J connectivity index is 1.97. The SMILES string of the molecule is COc1ccc(C(O)CNC(=O)c2ccc(Cl)nc2C)cc1. The van der Waals surface area contributed by atoms with Gasteiger partial charge in [0.05, 0.1) is 24.5 Å². The minimum Gasteiger partial charge on any atom is -0.497 e. The second-order valence-electron chi connectivity index (χ2n) is 4.77. The zero-order valence-electron chi connectivity index (χ0n) is 12.3. The number of nitrogens with zero attached hydrogens (tertiary/aromatic N) is 1. The van der Waals surface area contributed by atoms with Crippen molar-refractivity contribution in [3.63, 3.8) is 0 Å². The fourth-order valence-corrected chi connectivity index (χ4v) is 2.19. The van der Waals surface area contributed by atoms with Crippen molar-refractivity contribution in [1.29, 1.82) is 0 Å². The summed E-state index contributed by atoms with van der Waals surface area (Å²) in [5.74, 6) is 0.414. The molecule has 2 aromatic rings. The fraction of sp³-hybridized carbons (Fsp3) is 0.250. The Morgan fingerprint density at radius 2 is 2.00 bits per heavy atom. The number of methoxy groups -OCH3 is 1. The number of benzene rings is 1. The van der Waals surface area contributed by atoms with Crippen molar-refractivity contribution in [1.82, 2.24) is 10.3 Å². The number of pyridine rings is 1. The summed E-state index contributed by atoms with van der Waals surface area (Å²) in [4.78, 5) is 16.1. The number of rotatable bonds is 5. The third-order valence-electron chi connectivity index (χ3n) is 3.25. The molecule has 0 spiro atoms. The molecule has 0 saturated carbocycles. The van der Waals surface area contributed by atoms with E-state index in [1.165, 1.54) is 0 Å². The lowest BCUT2D eigenvalue weighted by atomic mass is 10.1. The van der Waals surface area contributed by atoms with Crippen molar-refractivity contribution in [2.24, 2.45) is 0 Å². The first-order chi connectivity index (χ1) is 10.5. The molecule has 0 radical (unpaired) electrons. The highest BCUT2D eigenvalue weighted by Gasteiger charge is 2.13. The fourth-order valence-electron chi connectivity index (χ4n) is 2.00. The molecule has 116 valence electrons. The zero-order chi connectivity index (χ0) is 16.1. The first kappa shape index (κ1) is 16.3. The topological polar surface area (TPSA) is 71.5 Å². The monoisotopic (exact) mass is 320 g/mol. The number of hydrogen-bond acceptors (Lipinski definition) is 4. The average Bonchev–Trinajstić information content (AvgIpc) is 2.52. The van der Waals surface area contributed by atoms with Crippen LogP contribution in [0, 0.1) is 6.92 Å². The van der Waals surface area contributed by atoms with Gasteiger partial charge in [-0.25, -0.2) is 4.98 Å². The molecule has 2 rings (SSSR count). The van der Waals surface area contributed by atoms with Gasteiger partial charge in [0.1, 0.15) is 10.9 Å². The number of hydrogen-bond donors (Lipinski definition) is 2. The van der Waals surface area contributed by atoms with Gasteiger partial charge in [0.25, 0.3) is 5.91 Å². The van der Waals surface area contributed by atoms with Gasteiger partial charge in [-0.2, -0.15) is 0 Å². The summed E-state index contributed by atoms with van der Waals surface area (Å²) in [6.45, 7) is 1.81. The van der Waals surface area contributed by atoms with Crippen LogP contribution in [0.4, 0.5) is 0 Å². The van der Waals surface area contributed by atoms with E-state index in [2.05, 4.69) is 10.3 Å². The summed E-state index contributed by atoms with van der Waals surface area (Å²) in [6, 6.07) is 10.2. The van der Waals surface area contributed by atoms with Crippen LogP contribution in [-0.4, -0.2) is 29.7 Å². The lowest BCUT2D eigenvalue weighted by Gasteiger charge is -2.13. The highest BCUT2D eigenvalue weighted by molar-refractivity contribution is 6.29. The Hall–Kier alpha value is -2.11. The largest absolute Gasteiger partial charge is 0.497 e. The van der Waals surface area contributed by atoms with Gasteiger partial charge in [0, 0.05) is 6.54 Å². The summed E-state index contributed by atoms with van der Waals surface area (Å²) in [5.41, 5.74) is 1.68. The van der Waals surface area contributed by atoms with Crippen LogP contribution in [0.3, 0.4) is 0 Å². The molecule has 1 amide bonds. The predicted octanol–water partition coefficient (Wildman–Crippen LogP) is 2.52. The van der Waals surface area contributed by atoms with E-state index in [1.54, 1.807) is 50.4 Å². The number of aliphatic hydroxyl groups excluding tert-OH is 1. The molecule has 0 aliphatic rings. The van der Waals surface area contributed by atoms with Crippen molar-refractivity contribution >= 4 is 17.5 Å². The van der Waals surface area contributed by atoms with E-state index in [-0.39, 0.29) is 12.5 Å². The number of ether oxygens (including phenoxy) is 1. The molecule has 5 nitrogen and oxygen atoms in total. The first-order valence-electron chi connectivity index (χ1n) is 6.74. The van der Waals surface area contributed by atoms with Crippen LogP contribution in [0.2, 0.25) is 5.15 Å². The third kappa shape index (κ3) is 3.96. The molecule has 0 aliphatic heterocycles. The number of aryl methyl sites for hydroxylation is 1. The molecule has 22 heavy (non-hydrogen) atoms. The number of amides is 1. The van der Waals surface area contributed by atoms with Crippen LogP contribution >= 0.6 is 11.6 Å². The van der Waals surface area contributed by atoms with Crippen molar-refractivity contribution in [2.45, 2.75) is 13.0 Å². The van der Waals surface area contributed by atoms with Gasteiger partial charge in [0.2, 0.25) is 0 Å². The lowest BCUT2D eigenvalue weighted by Crippen LogP contribution is -2.29. The van der Waals surface area contributed by atoms with Crippen molar-refractivity contribution in [3.8, 4) is 5.75 Å². The Morgan fingerprint density at radius 3 is 2.59 bits per heavy atom. The van der Waals surface area contributed by atoms with E-state index < -0.39 is 6.10 Å². The molecular weight excluding hydrogens is 304 g/mol. The van der Waals surface area contributed by atoms with Crippen LogP contribution in [0.25, 0.3) is 0 Å². The van der Waals surface area contributed by atoms with Gasteiger partial charge in [0.15, 0.2) is 0 Å². The number of nitrogens with one attached hydrogen (secondary N) is 1. The number of carbonyl (C=O) groups excluding carboxylic acids is 1. The summed E-state index contributed by atoms with van der Waals surface area (Å²) < 4.78 is 5.06. The molecule has 2 N–H and O–H groups in total. The standard InChI is InChI=1S/C16H17ClN2O3/c1-10-13(7-8-15(17)19-10)16(21)18-9-14(20)11-3-5-12(22-2)6-4-11/h3-8,14,20H,9H2,1-2H3,(H,18,21). The van der Waals surface area contributed by atoms with Gasteiger partial charge < -0.3 is 15.2 Å². The Kier molecular flexibility index (Phi) is 5.35. The van der Waals surface area contributed by atoms with E-state index >= 15 is 0 Å². The molecular formula is C16H17ClN2O3. The van der Waals surface area contributed by atoms with Crippen LogP contribution in [0.5, 0.6) is 5.75 Å². The summed E-state index contributed by atoms with van der Waals surface area (Å²) in [6.07, 6.45) is -0.796. The minimum absolute atomic E-state index is 0.104. The first-order valence-corrected chi connectivity index (χ1v) is 7.12. The molecule has 1 unspecified atom stereocenters. The number of halogens is 1. The maximum absolute atomic E-state index is 12.1. The molecule has 1 aromatic carbocycles. The molecule has 1 heterocycles. The lowest BCUT2D eigenvalue weighted by molar-refractivity contribution is 0.0915. The molecule has 0 fully saturated rings. The highest BCUT2D eigenvalue weighted by atomic mass is 35.5. The molecule has 0 bridgehead atoms. The van der Waals surface area contributed by atoms with Gasteiger partial charge in [-0.15, -0.1) is 0 Å². The number of aliphatic hydroxyl groups is 1. The molecule has 1 atom stereocenters. The minimum atomic E-state index is -0.796. The Morgan fingerprint density at radius 1 is 1.32 bits per heavy atom. The summed E-state index contributed by atoms with van der Waals surface area (Å²) in [7, 11) is 1.58. The maximum Gasteiger partial charge on any atom is 0.253 e. The average molecular weight is 321 g/mol. The van der Waals surface area contributed by atoms with E-state index in [0.717, 1.165) is 0 Å². The number of carbonyl (C=O) groups is 1. The predicted molar refractivity (Wildman–Crippen MR) is 84.3 cm³/mol. The third-order valence-corrected chi connectivity index (χ3v) is 3.46.